The predicted molar refractivity (Wildman–Crippen MR) is 66.5 cm³/mol. The van der Waals surface area contributed by atoms with Crippen molar-refractivity contribution >= 4 is 11.0 Å². The van der Waals surface area contributed by atoms with Crippen LogP contribution in [0.15, 0.2) is 24.5 Å². The number of rotatable bonds is 2. The zero-order valence-electron chi connectivity index (χ0n) is 9.80. The van der Waals surface area contributed by atoms with E-state index >= 15 is 0 Å². The highest BCUT2D eigenvalue weighted by atomic mass is 16.5. The molecule has 4 heteroatoms. The highest BCUT2D eigenvalue weighted by molar-refractivity contribution is 5.76. The monoisotopic (exact) mass is 231 g/mol. The van der Waals surface area contributed by atoms with E-state index in [-0.39, 0.29) is 6.23 Å². The average Bonchev–Trinajstić information content (AvgIpc) is 2.82. The van der Waals surface area contributed by atoms with E-state index in [1.807, 2.05) is 6.33 Å². The number of benzene rings is 1. The van der Waals surface area contributed by atoms with Gasteiger partial charge in [0.2, 0.25) is 0 Å². The molecule has 1 aromatic carbocycles. The van der Waals surface area contributed by atoms with Crippen LogP contribution < -0.4 is 5.73 Å². The van der Waals surface area contributed by atoms with E-state index in [9.17, 15) is 0 Å². The Hall–Kier alpha value is -1.39. The minimum Gasteiger partial charge on any atom is -0.358 e. The van der Waals surface area contributed by atoms with Crippen LogP contribution >= 0.6 is 0 Å². The Kier molecular flexibility index (Phi) is 2.82. The van der Waals surface area contributed by atoms with E-state index in [0.29, 0.717) is 6.54 Å². The van der Waals surface area contributed by atoms with Gasteiger partial charge in [0.25, 0.3) is 0 Å². The maximum absolute atomic E-state index is 5.79. The Morgan fingerprint density at radius 3 is 3.12 bits per heavy atom. The van der Waals surface area contributed by atoms with Gasteiger partial charge in [-0.25, -0.2) is 4.98 Å². The quantitative estimate of drug-likeness (QED) is 0.862. The third kappa shape index (κ3) is 1.94. The molecule has 2 aromatic rings. The van der Waals surface area contributed by atoms with Gasteiger partial charge in [-0.3, -0.25) is 0 Å². The van der Waals surface area contributed by atoms with Gasteiger partial charge in [0.05, 0.1) is 17.4 Å². The van der Waals surface area contributed by atoms with Gasteiger partial charge in [-0.05, 0) is 37.0 Å². The Bertz CT molecular complexity index is 514. The summed E-state index contributed by atoms with van der Waals surface area (Å²) in [7, 11) is 0. The van der Waals surface area contributed by atoms with Crippen LogP contribution in [0.2, 0.25) is 0 Å². The fourth-order valence-electron chi connectivity index (χ4n) is 2.38. The zero-order valence-corrected chi connectivity index (χ0v) is 9.80. The van der Waals surface area contributed by atoms with Crippen LogP contribution in [0.3, 0.4) is 0 Å². The van der Waals surface area contributed by atoms with E-state index in [1.165, 1.54) is 12.8 Å². The number of nitrogens with two attached hydrogens (primary N) is 1. The predicted octanol–water partition coefficient (Wildman–Crippen LogP) is 2.19. The largest absolute Gasteiger partial charge is 0.358 e. The normalized spacial score (nSPS) is 20.9. The molecular weight excluding hydrogens is 214 g/mol. The maximum atomic E-state index is 5.79. The number of aromatic nitrogens is 2. The Morgan fingerprint density at radius 1 is 1.41 bits per heavy atom. The second kappa shape index (κ2) is 4.47. The molecule has 0 amide bonds. The standard InChI is InChI=1S/C13H17N3O/c14-8-10-4-5-12-11(7-10)15-9-16(12)13-3-1-2-6-17-13/h4-5,7,9,13H,1-3,6,8,14H2/t13-/m1/s1. The van der Waals surface area contributed by atoms with Crippen molar-refractivity contribution in [3.05, 3.63) is 30.1 Å². The number of imidazole rings is 1. The summed E-state index contributed by atoms with van der Waals surface area (Å²) < 4.78 is 7.92. The molecule has 90 valence electrons. The van der Waals surface area contributed by atoms with Gasteiger partial charge in [-0.2, -0.15) is 0 Å². The molecule has 0 bridgehead atoms. The van der Waals surface area contributed by atoms with Crippen LogP contribution in [0.1, 0.15) is 31.1 Å². The number of fused-ring (bicyclic) bond motifs is 1. The summed E-state index contributed by atoms with van der Waals surface area (Å²) in [6, 6.07) is 6.19. The van der Waals surface area contributed by atoms with Crippen molar-refractivity contribution in [3.8, 4) is 0 Å². The van der Waals surface area contributed by atoms with Gasteiger partial charge in [0.1, 0.15) is 6.23 Å². The van der Waals surface area contributed by atoms with Crippen molar-refractivity contribution in [1.82, 2.24) is 9.55 Å². The minimum atomic E-state index is 0.150. The van der Waals surface area contributed by atoms with Gasteiger partial charge < -0.3 is 15.0 Å². The summed E-state index contributed by atoms with van der Waals surface area (Å²) >= 11 is 0. The van der Waals surface area contributed by atoms with E-state index < -0.39 is 0 Å². The molecule has 1 atom stereocenters. The number of nitrogens with zero attached hydrogens (tertiary/aromatic N) is 2. The van der Waals surface area contributed by atoms with Crippen molar-refractivity contribution in [2.75, 3.05) is 6.61 Å². The molecule has 1 saturated heterocycles. The molecule has 1 aromatic heterocycles. The molecule has 0 saturated carbocycles. The minimum absolute atomic E-state index is 0.150. The van der Waals surface area contributed by atoms with Crippen molar-refractivity contribution in [3.63, 3.8) is 0 Å². The first-order valence-electron chi connectivity index (χ1n) is 6.15. The fraction of sp³-hybridized carbons (Fsp3) is 0.462. The van der Waals surface area contributed by atoms with Crippen molar-refractivity contribution in [1.29, 1.82) is 0 Å². The van der Waals surface area contributed by atoms with Crippen molar-refractivity contribution in [2.24, 2.45) is 5.73 Å². The lowest BCUT2D eigenvalue weighted by molar-refractivity contribution is -0.0295. The fourth-order valence-corrected chi connectivity index (χ4v) is 2.38. The SMILES string of the molecule is NCc1ccc2c(c1)ncn2[C@H]1CCCCO1. The van der Waals surface area contributed by atoms with Gasteiger partial charge in [0.15, 0.2) is 0 Å². The van der Waals surface area contributed by atoms with Gasteiger partial charge in [-0.1, -0.05) is 6.07 Å². The Labute approximate surface area is 100 Å². The summed E-state index contributed by atoms with van der Waals surface area (Å²) in [5.74, 6) is 0. The highest BCUT2D eigenvalue weighted by Crippen LogP contribution is 2.26. The number of hydrogen-bond acceptors (Lipinski definition) is 3. The lowest BCUT2D eigenvalue weighted by Crippen LogP contribution is -2.17. The molecule has 3 rings (SSSR count). The summed E-state index contributed by atoms with van der Waals surface area (Å²) in [6.07, 6.45) is 5.49. The van der Waals surface area contributed by atoms with Crippen molar-refractivity contribution < 1.29 is 4.74 Å². The first-order valence-corrected chi connectivity index (χ1v) is 6.15. The van der Waals surface area contributed by atoms with Crippen molar-refractivity contribution in [2.45, 2.75) is 32.0 Å². The van der Waals surface area contributed by atoms with E-state index in [0.717, 1.165) is 29.6 Å². The van der Waals surface area contributed by atoms with Gasteiger partial charge in [-0.15, -0.1) is 0 Å². The van der Waals surface area contributed by atoms with Crippen LogP contribution in [0.4, 0.5) is 0 Å². The average molecular weight is 231 g/mol. The summed E-state index contributed by atoms with van der Waals surface area (Å²) in [5, 5.41) is 0. The number of ether oxygens (including phenoxy) is 1. The van der Waals surface area contributed by atoms with E-state index in [4.69, 9.17) is 10.5 Å². The van der Waals surface area contributed by atoms with Gasteiger partial charge >= 0.3 is 0 Å². The molecule has 4 nitrogen and oxygen atoms in total. The van der Waals surface area contributed by atoms with E-state index in [1.54, 1.807) is 0 Å². The summed E-state index contributed by atoms with van der Waals surface area (Å²) in [5.41, 5.74) is 8.88. The Morgan fingerprint density at radius 2 is 2.35 bits per heavy atom. The smallest absolute Gasteiger partial charge is 0.135 e. The third-order valence-electron chi connectivity index (χ3n) is 3.34. The first kappa shape index (κ1) is 10.7. The second-order valence-corrected chi connectivity index (χ2v) is 4.50. The zero-order chi connectivity index (χ0) is 11.7. The van der Waals surface area contributed by atoms with Crippen LogP contribution in [-0.4, -0.2) is 16.2 Å². The molecule has 0 spiro atoms. The summed E-state index contributed by atoms with van der Waals surface area (Å²) in [4.78, 5) is 4.43. The van der Waals surface area contributed by atoms with Crippen LogP contribution in [0.25, 0.3) is 11.0 Å². The lowest BCUT2D eigenvalue weighted by Gasteiger charge is -2.24. The topological polar surface area (TPSA) is 53.1 Å². The molecule has 2 heterocycles. The number of hydrogen-bond donors (Lipinski definition) is 1. The highest BCUT2D eigenvalue weighted by Gasteiger charge is 2.17. The maximum Gasteiger partial charge on any atom is 0.135 e. The second-order valence-electron chi connectivity index (χ2n) is 4.50. The molecule has 1 fully saturated rings. The molecule has 17 heavy (non-hydrogen) atoms. The Balaban J connectivity index is 1.99. The first-order chi connectivity index (χ1) is 8.38. The molecule has 0 aliphatic carbocycles. The van der Waals surface area contributed by atoms with Crippen LogP contribution in [-0.2, 0) is 11.3 Å². The molecule has 0 radical (unpaired) electrons. The van der Waals surface area contributed by atoms with Crippen LogP contribution in [0, 0.1) is 0 Å². The summed E-state index contributed by atoms with van der Waals surface area (Å²) in [6.45, 7) is 1.41. The lowest BCUT2D eigenvalue weighted by atomic mass is 10.1. The molecule has 1 aliphatic heterocycles. The van der Waals surface area contributed by atoms with Crippen LogP contribution in [0.5, 0.6) is 0 Å². The third-order valence-corrected chi connectivity index (χ3v) is 3.34. The molecule has 0 unspecified atom stereocenters. The van der Waals surface area contributed by atoms with Gasteiger partial charge in [0, 0.05) is 13.2 Å². The molecular formula is C13H17N3O. The molecule has 2 N–H and O–H groups in total. The van der Waals surface area contributed by atoms with E-state index in [2.05, 4.69) is 27.8 Å². The molecule has 1 aliphatic rings.